The van der Waals surface area contributed by atoms with Crippen molar-refractivity contribution < 1.29 is 23.9 Å². The second-order valence-corrected chi connectivity index (χ2v) is 15.1. The predicted octanol–water partition coefficient (Wildman–Crippen LogP) is 8.29. The van der Waals surface area contributed by atoms with Crippen molar-refractivity contribution in [2.75, 3.05) is 25.6 Å². The van der Waals surface area contributed by atoms with E-state index in [0.717, 1.165) is 36.2 Å². The minimum atomic E-state index is -0.512. The van der Waals surface area contributed by atoms with Crippen LogP contribution in [0.4, 0.5) is 5.69 Å². The highest BCUT2D eigenvalue weighted by atomic mass is 35.5. The molecule has 1 heterocycles. The number of carbonyl (C=O) groups excluding carboxylic acids is 3. The van der Waals surface area contributed by atoms with Crippen LogP contribution in [0.3, 0.4) is 0 Å². The number of anilines is 1. The van der Waals surface area contributed by atoms with Gasteiger partial charge >= 0.3 is 0 Å². The molecular formula is C40H43ClN2O5. The smallest absolute Gasteiger partial charge is 0.262 e. The van der Waals surface area contributed by atoms with Crippen molar-refractivity contribution in [2.45, 2.75) is 65.7 Å². The molecule has 3 aromatic carbocycles. The van der Waals surface area contributed by atoms with Gasteiger partial charge in [0.15, 0.2) is 29.7 Å². The maximum atomic E-state index is 14.2. The summed E-state index contributed by atoms with van der Waals surface area (Å²) in [7, 11) is 1.54. The summed E-state index contributed by atoms with van der Waals surface area (Å²) in [6, 6.07) is 22.8. The molecule has 1 amide bonds. The van der Waals surface area contributed by atoms with Gasteiger partial charge in [0.2, 0.25) is 0 Å². The van der Waals surface area contributed by atoms with E-state index in [1.807, 2.05) is 30.3 Å². The Bertz CT molecular complexity index is 1770. The topological polar surface area (TPSA) is 84.9 Å². The van der Waals surface area contributed by atoms with Gasteiger partial charge in [0.05, 0.1) is 17.8 Å². The molecular weight excluding hydrogens is 624 g/mol. The Morgan fingerprint density at radius 1 is 0.833 bits per heavy atom. The summed E-state index contributed by atoms with van der Waals surface area (Å²) in [6.07, 6.45) is 3.10. The fourth-order valence-corrected chi connectivity index (χ4v) is 7.59. The lowest BCUT2D eigenvalue weighted by atomic mass is 9.63. The molecule has 48 heavy (non-hydrogen) atoms. The van der Waals surface area contributed by atoms with Gasteiger partial charge in [0.1, 0.15) is 0 Å². The van der Waals surface area contributed by atoms with E-state index in [1.165, 1.54) is 5.56 Å². The zero-order valence-corrected chi connectivity index (χ0v) is 29.1. The maximum Gasteiger partial charge on any atom is 0.262 e. The molecule has 7 nitrogen and oxygen atoms in total. The zero-order valence-electron chi connectivity index (χ0n) is 28.3. The van der Waals surface area contributed by atoms with E-state index < -0.39 is 5.92 Å². The van der Waals surface area contributed by atoms with Crippen LogP contribution < -0.4 is 14.8 Å². The van der Waals surface area contributed by atoms with Crippen LogP contribution in [0.2, 0.25) is 5.02 Å². The van der Waals surface area contributed by atoms with Gasteiger partial charge in [-0.2, -0.15) is 0 Å². The molecule has 0 unspecified atom stereocenters. The normalized spacial score (nSPS) is 18.8. The van der Waals surface area contributed by atoms with Crippen molar-refractivity contribution in [2.24, 2.45) is 10.8 Å². The number of ketones is 2. The minimum absolute atomic E-state index is 0.0793. The summed E-state index contributed by atoms with van der Waals surface area (Å²) in [6.45, 7) is 9.03. The molecule has 0 aromatic heterocycles. The number of ether oxygens (including phenoxy) is 2. The van der Waals surface area contributed by atoms with Gasteiger partial charge in [-0.15, -0.1) is 0 Å². The van der Waals surface area contributed by atoms with Crippen LogP contribution in [-0.2, 0) is 20.8 Å². The molecule has 2 aliphatic carbocycles. The molecule has 0 spiro atoms. The van der Waals surface area contributed by atoms with E-state index >= 15 is 0 Å². The number of hydrogen-bond donors (Lipinski definition) is 1. The minimum Gasteiger partial charge on any atom is -0.493 e. The number of nitrogens with zero attached hydrogens (tertiary/aromatic N) is 1. The fourth-order valence-electron chi connectivity index (χ4n) is 7.41. The van der Waals surface area contributed by atoms with Gasteiger partial charge < -0.3 is 19.7 Å². The van der Waals surface area contributed by atoms with Crippen LogP contribution in [0, 0.1) is 10.8 Å². The van der Waals surface area contributed by atoms with Crippen LogP contribution in [0.15, 0.2) is 95.3 Å². The Hall–Kier alpha value is -4.36. The Morgan fingerprint density at radius 2 is 1.44 bits per heavy atom. The number of Topliss-reactive ketones (excluding diaryl/α,β-unsaturated/α-hetero) is 2. The van der Waals surface area contributed by atoms with Gasteiger partial charge in [0.25, 0.3) is 5.91 Å². The summed E-state index contributed by atoms with van der Waals surface area (Å²) in [5.74, 6) is 0.0769. The van der Waals surface area contributed by atoms with Gasteiger partial charge in [-0.1, -0.05) is 87.8 Å². The molecule has 0 bridgehead atoms. The number of benzene rings is 3. The average molecular weight is 667 g/mol. The van der Waals surface area contributed by atoms with Crippen molar-refractivity contribution in [1.29, 1.82) is 0 Å². The lowest BCUT2D eigenvalue weighted by Crippen LogP contribution is -2.45. The van der Waals surface area contributed by atoms with Crippen molar-refractivity contribution in [1.82, 2.24) is 4.90 Å². The molecule has 1 N–H and O–H groups in total. The van der Waals surface area contributed by atoms with E-state index in [4.69, 9.17) is 21.1 Å². The van der Waals surface area contributed by atoms with E-state index in [0.29, 0.717) is 52.7 Å². The maximum absolute atomic E-state index is 14.2. The van der Waals surface area contributed by atoms with Gasteiger partial charge in [0, 0.05) is 47.8 Å². The van der Waals surface area contributed by atoms with Crippen molar-refractivity contribution in [3.8, 4) is 11.5 Å². The van der Waals surface area contributed by atoms with Crippen molar-refractivity contribution in [3.05, 3.63) is 111 Å². The zero-order chi connectivity index (χ0) is 34.2. The van der Waals surface area contributed by atoms with E-state index in [-0.39, 0.29) is 34.9 Å². The second kappa shape index (κ2) is 13.3. The molecule has 0 fully saturated rings. The van der Waals surface area contributed by atoms with Crippen LogP contribution in [-0.4, -0.2) is 42.6 Å². The van der Waals surface area contributed by atoms with Crippen molar-refractivity contribution >= 4 is 34.8 Å². The van der Waals surface area contributed by atoms with Crippen LogP contribution >= 0.6 is 11.6 Å². The molecule has 3 aromatic rings. The molecule has 0 saturated heterocycles. The highest BCUT2D eigenvalue weighted by Gasteiger charge is 2.49. The molecule has 3 aliphatic rings. The number of halogens is 1. The molecule has 0 atom stereocenters. The molecule has 6 rings (SSSR count). The third kappa shape index (κ3) is 6.93. The van der Waals surface area contributed by atoms with E-state index in [1.54, 1.807) is 37.4 Å². The van der Waals surface area contributed by atoms with E-state index in [2.05, 4.69) is 50.0 Å². The highest BCUT2D eigenvalue weighted by molar-refractivity contribution is 6.33. The Morgan fingerprint density at radius 3 is 2.04 bits per heavy atom. The molecule has 0 radical (unpaired) electrons. The third-order valence-electron chi connectivity index (χ3n) is 9.52. The SMILES string of the molecule is COc1cc(C2C3=C(CC(C)(C)CC3=O)N(CCc3ccccc3)C3=C2C(=O)CC(C)(C)C3)ccc1OCC(=O)Nc1ccccc1Cl. The first-order chi connectivity index (χ1) is 22.9. The third-order valence-corrected chi connectivity index (χ3v) is 9.85. The monoisotopic (exact) mass is 666 g/mol. The molecule has 250 valence electrons. The first kappa shape index (κ1) is 33.5. The number of hydrogen-bond acceptors (Lipinski definition) is 6. The molecule has 1 aliphatic heterocycles. The Kier molecular flexibility index (Phi) is 9.27. The van der Waals surface area contributed by atoms with Gasteiger partial charge in [-0.05, 0) is 65.5 Å². The first-order valence-corrected chi connectivity index (χ1v) is 16.9. The number of nitrogens with one attached hydrogen (secondary N) is 1. The summed E-state index contributed by atoms with van der Waals surface area (Å²) >= 11 is 6.19. The number of amides is 1. The summed E-state index contributed by atoms with van der Waals surface area (Å²) in [5, 5.41) is 3.20. The highest BCUT2D eigenvalue weighted by Crippen LogP contribution is 2.55. The van der Waals surface area contributed by atoms with Crippen LogP contribution in [0.1, 0.15) is 70.4 Å². The second-order valence-electron chi connectivity index (χ2n) is 14.6. The van der Waals surface area contributed by atoms with E-state index in [9.17, 15) is 14.4 Å². The van der Waals surface area contributed by atoms with Crippen LogP contribution in [0.5, 0.6) is 11.5 Å². The lowest BCUT2D eigenvalue weighted by Gasteiger charge is -2.49. The number of allylic oxidation sites excluding steroid dienone is 4. The quantitative estimate of drug-likeness (QED) is 0.247. The van der Waals surface area contributed by atoms with Gasteiger partial charge in [-0.3, -0.25) is 14.4 Å². The van der Waals surface area contributed by atoms with Crippen LogP contribution in [0.25, 0.3) is 0 Å². The largest absolute Gasteiger partial charge is 0.493 e. The standard InChI is InChI=1S/C40H43ClN2O5/c1-39(2)20-29-37(31(44)22-39)36(38-30(21-40(3,4)23-32(38)45)43(29)18-17-25-11-7-6-8-12-25)26-15-16-33(34(19-26)47-5)48-24-35(46)42-28-14-10-9-13-27(28)41/h6-16,19,36H,17-18,20-24H2,1-5H3,(H,42,46). The number of carbonyl (C=O) groups is 3. The molecule has 8 heteroatoms. The molecule has 0 saturated carbocycles. The van der Waals surface area contributed by atoms with Gasteiger partial charge in [-0.25, -0.2) is 0 Å². The summed E-state index contributed by atoms with van der Waals surface area (Å²) in [5.41, 5.74) is 5.56. The fraction of sp³-hybridized carbons (Fsp3) is 0.375. The summed E-state index contributed by atoms with van der Waals surface area (Å²) in [4.78, 5) is 43.4. The summed E-state index contributed by atoms with van der Waals surface area (Å²) < 4.78 is 11.7. The Labute approximate surface area is 288 Å². The van der Waals surface area contributed by atoms with Crippen molar-refractivity contribution in [3.63, 3.8) is 0 Å². The number of methoxy groups -OCH3 is 1. The first-order valence-electron chi connectivity index (χ1n) is 16.5. The lowest BCUT2D eigenvalue weighted by molar-refractivity contribution is -0.120. The number of rotatable bonds is 9. The predicted molar refractivity (Wildman–Crippen MR) is 188 cm³/mol. The average Bonchev–Trinajstić information content (AvgIpc) is 3.03. The number of para-hydroxylation sites is 1. The Balaban J connectivity index is 1.38.